The van der Waals surface area contributed by atoms with E-state index in [4.69, 9.17) is 0 Å². The van der Waals surface area contributed by atoms with E-state index in [2.05, 4.69) is 0 Å². The van der Waals surface area contributed by atoms with E-state index in [0.717, 1.165) is 10.7 Å². The summed E-state index contributed by atoms with van der Waals surface area (Å²) in [4.78, 5) is 0. The first-order chi connectivity index (χ1) is 8.08. The zero-order chi connectivity index (χ0) is 14.0. The van der Waals surface area contributed by atoms with Crippen LogP contribution in [0.4, 0.5) is 13.2 Å². The fourth-order valence-corrected chi connectivity index (χ4v) is 3.66. The number of rotatable bonds is 6. The molecule has 0 aromatic carbocycles. The Morgan fingerprint density at radius 3 is 2.33 bits per heavy atom. The van der Waals surface area contributed by atoms with Crippen molar-refractivity contribution in [3.05, 3.63) is 0 Å². The third-order valence-corrected chi connectivity index (χ3v) is 4.76. The highest BCUT2D eigenvalue weighted by Crippen LogP contribution is 2.29. The second-order valence-corrected chi connectivity index (χ2v) is 6.87. The number of hydrogen-bond acceptors (Lipinski definition) is 3. The second kappa shape index (κ2) is 5.34. The molecular formula is C10H18F3NO3S. The van der Waals surface area contributed by atoms with Gasteiger partial charge in [0, 0.05) is 19.5 Å². The second-order valence-electron chi connectivity index (χ2n) is 4.78. The number of halogens is 3. The van der Waals surface area contributed by atoms with Crippen LogP contribution in [0, 0.1) is 0 Å². The van der Waals surface area contributed by atoms with Crippen molar-refractivity contribution < 1.29 is 26.7 Å². The van der Waals surface area contributed by atoms with Gasteiger partial charge in [0.2, 0.25) is 10.0 Å². The summed E-state index contributed by atoms with van der Waals surface area (Å²) in [6, 6.07) is 0. The average Bonchev–Trinajstić information content (AvgIpc) is 2.11. The number of β-amino-alcohol motifs (C(OH)–C–C–N with tert-alkyl or cyclic N) is 1. The maximum atomic E-state index is 11.9. The van der Waals surface area contributed by atoms with E-state index in [1.165, 1.54) is 0 Å². The molecule has 18 heavy (non-hydrogen) atoms. The van der Waals surface area contributed by atoms with Crippen LogP contribution < -0.4 is 0 Å². The molecule has 0 bridgehead atoms. The smallest absolute Gasteiger partial charge is 0.387 e. The third-order valence-electron chi connectivity index (χ3n) is 2.91. The monoisotopic (exact) mass is 289 g/mol. The van der Waals surface area contributed by atoms with Crippen molar-refractivity contribution in [1.82, 2.24) is 4.31 Å². The van der Waals surface area contributed by atoms with Gasteiger partial charge in [0.1, 0.15) is 0 Å². The fraction of sp³-hybridized carbons (Fsp3) is 1.00. The van der Waals surface area contributed by atoms with Crippen molar-refractivity contribution in [3.63, 3.8) is 0 Å². The van der Waals surface area contributed by atoms with Gasteiger partial charge in [-0.3, -0.25) is 0 Å². The van der Waals surface area contributed by atoms with Gasteiger partial charge in [0.25, 0.3) is 0 Å². The maximum Gasteiger partial charge on any atom is 0.389 e. The lowest BCUT2D eigenvalue weighted by molar-refractivity contribution is -0.134. The molecule has 1 saturated heterocycles. The average molecular weight is 289 g/mol. The minimum atomic E-state index is -4.33. The quantitative estimate of drug-likeness (QED) is 0.806. The van der Waals surface area contributed by atoms with Crippen LogP contribution in [0.15, 0.2) is 0 Å². The summed E-state index contributed by atoms with van der Waals surface area (Å²) in [6.45, 7) is 1.86. The van der Waals surface area contributed by atoms with E-state index in [1.54, 1.807) is 0 Å². The molecule has 0 spiro atoms. The molecule has 8 heteroatoms. The first-order valence-corrected chi connectivity index (χ1v) is 7.46. The Hall–Kier alpha value is -0.340. The highest BCUT2D eigenvalue weighted by atomic mass is 32.2. The highest BCUT2D eigenvalue weighted by Gasteiger charge is 2.45. The predicted molar refractivity (Wildman–Crippen MR) is 60.5 cm³/mol. The SMILES string of the molecule is CCCC1(O)CN(S(=O)(=O)CCCC(F)(F)F)C1. The summed E-state index contributed by atoms with van der Waals surface area (Å²) < 4.78 is 60.0. The Morgan fingerprint density at radius 1 is 1.33 bits per heavy atom. The van der Waals surface area contributed by atoms with Gasteiger partial charge in [-0.15, -0.1) is 0 Å². The highest BCUT2D eigenvalue weighted by molar-refractivity contribution is 7.89. The van der Waals surface area contributed by atoms with E-state index in [-0.39, 0.29) is 13.1 Å². The van der Waals surface area contributed by atoms with E-state index >= 15 is 0 Å². The van der Waals surface area contributed by atoms with Gasteiger partial charge < -0.3 is 5.11 Å². The lowest BCUT2D eigenvalue weighted by atomic mass is 9.92. The largest absolute Gasteiger partial charge is 0.389 e. The van der Waals surface area contributed by atoms with Gasteiger partial charge in [0.05, 0.1) is 11.4 Å². The minimum absolute atomic E-state index is 0.00477. The van der Waals surface area contributed by atoms with Gasteiger partial charge in [-0.2, -0.15) is 17.5 Å². The Labute approximate surface area is 105 Å². The Bertz CT molecular complexity index is 374. The van der Waals surface area contributed by atoms with E-state index in [9.17, 15) is 26.7 Å². The molecular weight excluding hydrogens is 271 g/mol. The molecule has 0 aromatic rings. The molecule has 0 atom stereocenters. The summed E-state index contributed by atoms with van der Waals surface area (Å²) in [7, 11) is -3.66. The van der Waals surface area contributed by atoms with Crippen LogP contribution in [0.5, 0.6) is 0 Å². The molecule has 0 aromatic heterocycles. The zero-order valence-electron chi connectivity index (χ0n) is 10.2. The molecule has 0 aliphatic carbocycles. The van der Waals surface area contributed by atoms with Gasteiger partial charge in [-0.25, -0.2) is 8.42 Å². The van der Waals surface area contributed by atoms with Crippen LogP contribution in [-0.4, -0.2) is 48.4 Å². The van der Waals surface area contributed by atoms with E-state index in [0.29, 0.717) is 6.42 Å². The van der Waals surface area contributed by atoms with Gasteiger partial charge >= 0.3 is 6.18 Å². The predicted octanol–water partition coefficient (Wildman–Crippen LogP) is 1.51. The summed E-state index contributed by atoms with van der Waals surface area (Å²) in [5, 5.41) is 9.81. The van der Waals surface area contributed by atoms with Crippen LogP contribution in [0.2, 0.25) is 0 Å². The third kappa shape index (κ3) is 4.40. The molecule has 1 aliphatic rings. The van der Waals surface area contributed by atoms with Crippen molar-refractivity contribution in [3.8, 4) is 0 Å². The van der Waals surface area contributed by atoms with Gasteiger partial charge in [-0.05, 0) is 12.8 Å². The van der Waals surface area contributed by atoms with Crippen LogP contribution in [-0.2, 0) is 10.0 Å². The minimum Gasteiger partial charge on any atom is -0.387 e. The van der Waals surface area contributed by atoms with E-state index in [1.807, 2.05) is 6.92 Å². The molecule has 108 valence electrons. The summed E-state index contributed by atoms with van der Waals surface area (Å²) in [5.74, 6) is -0.519. The van der Waals surface area contributed by atoms with Crippen LogP contribution in [0.25, 0.3) is 0 Å². The lowest BCUT2D eigenvalue weighted by Gasteiger charge is -2.45. The van der Waals surface area contributed by atoms with Crippen molar-refractivity contribution >= 4 is 10.0 Å². The van der Waals surface area contributed by atoms with Crippen molar-refractivity contribution in [2.45, 2.75) is 44.4 Å². The van der Waals surface area contributed by atoms with Gasteiger partial charge in [-0.1, -0.05) is 13.3 Å². The zero-order valence-corrected chi connectivity index (χ0v) is 11.0. The van der Waals surface area contributed by atoms with Crippen LogP contribution >= 0.6 is 0 Å². The Morgan fingerprint density at radius 2 is 1.89 bits per heavy atom. The molecule has 0 radical (unpaired) electrons. The van der Waals surface area contributed by atoms with Gasteiger partial charge in [0.15, 0.2) is 0 Å². The molecule has 1 rings (SSSR count). The molecule has 1 N–H and O–H groups in total. The van der Waals surface area contributed by atoms with Crippen LogP contribution in [0.1, 0.15) is 32.6 Å². The lowest BCUT2D eigenvalue weighted by Crippen LogP contribution is -2.63. The topological polar surface area (TPSA) is 57.6 Å². The maximum absolute atomic E-state index is 11.9. The van der Waals surface area contributed by atoms with Crippen LogP contribution in [0.3, 0.4) is 0 Å². The summed E-state index contributed by atoms with van der Waals surface area (Å²) in [5.41, 5.74) is -0.994. The molecule has 1 aliphatic heterocycles. The first kappa shape index (κ1) is 15.7. The Balaban J connectivity index is 2.39. The van der Waals surface area contributed by atoms with Crippen molar-refractivity contribution in [2.75, 3.05) is 18.8 Å². The summed E-state index contributed by atoms with van der Waals surface area (Å²) >= 11 is 0. The number of nitrogens with zero attached hydrogens (tertiary/aromatic N) is 1. The van der Waals surface area contributed by atoms with Crippen molar-refractivity contribution in [2.24, 2.45) is 0 Å². The number of alkyl halides is 3. The van der Waals surface area contributed by atoms with E-state index < -0.39 is 40.4 Å². The first-order valence-electron chi connectivity index (χ1n) is 5.85. The molecule has 0 amide bonds. The summed E-state index contributed by atoms with van der Waals surface area (Å²) in [6.07, 6.45) is -4.62. The fourth-order valence-electron chi connectivity index (χ4n) is 2.01. The number of aliphatic hydroxyl groups is 1. The standard InChI is InChI=1S/C10H18F3NO3S/c1-2-4-9(15)7-14(8-9)18(16,17)6-3-5-10(11,12)13/h15H,2-8H2,1H3. The molecule has 4 nitrogen and oxygen atoms in total. The van der Waals surface area contributed by atoms with Crippen molar-refractivity contribution in [1.29, 1.82) is 0 Å². The Kier molecular flexibility index (Phi) is 4.66. The molecule has 1 heterocycles. The normalized spacial score (nSPS) is 20.7. The number of hydrogen-bond donors (Lipinski definition) is 1. The number of sulfonamides is 1. The molecule has 0 unspecified atom stereocenters. The molecule has 1 fully saturated rings. The molecule has 0 saturated carbocycles.